The lowest BCUT2D eigenvalue weighted by Crippen LogP contribution is -2.34. The van der Waals surface area contributed by atoms with E-state index in [1.165, 1.54) is 5.06 Å². The van der Waals surface area contributed by atoms with Crippen molar-refractivity contribution in [2.24, 2.45) is 0 Å². The van der Waals surface area contributed by atoms with Crippen molar-refractivity contribution < 1.29 is 14.7 Å². The standard InChI is InChI=1S/C18H21NO3/c1-18(2,3)22-17(20)14-10-11-19(21)15-9-8-12-6-4-5-7-13(12)16(14)15/h4-9,14,21H,10-11H2,1-3H3. The summed E-state index contributed by atoms with van der Waals surface area (Å²) in [6.07, 6.45) is 0.548. The number of benzene rings is 2. The van der Waals surface area contributed by atoms with Crippen LogP contribution in [0.2, 0.25) is 0 Å². The summed E-state index contributed by atoms with van der Waals surface area (Å²) in [7, 11) is 0. The van der Waals surface area contributed by atoms with Crippen LogP contribution in [0.3, 0.4) is 0 Å². The number of hydrogen-bond donors (Lipinski definition) is 1. The van der Waals surface area contributed by atoms with Gasteiger partial charge in [-0.3, -0.25) is 15.1 Å². The van der Waals surface area contributed by atoms with E-state index < -0.39 is 5.60 Å². The summed E-state index contributed by atoms with van der Waals surface area (Å²) in [6, 6.07) is 11.8. The molecule has 4 nitrogen and oxygen atoms in total. The summed E-state index contributed by atoms with van der Waals surface area (Å²) in [4.78, 5) is 12.6. The number of nitrogens with zero attached hydrogens (tertiary/aromatic N) is 1. The lowest BCUT2D eigenvalue weighted by molar-refractivity contribution is -0.157. The minimum absolute atomic E-state index is 0.224. The number of esters is 1. The molecule has 4 heteroatoms. The van der Waals surface area contributed by atoms with Crippen LogP contribution in [0.1, 0.15) is 38.7 Å². The van der Waals surface area contributed by atoms with Crippen LogP contribution in [0.5, 0.6) is 0 Å². The molecule has 0 bridgehead atoms. The predicted molar refractivity (Wildman–Crippen MR) is 86.3 cm³/mol. The number of anilines is 1. The summed E-state index contributed by atoms with van der Waals surface area (Å²) < 4.78 is 5.58. The van der Waals surface area contributed by atoms with E-state index in [4.69, 9.17) is 4.74 Å². The van der Waals surface area contributed by atoms with Crippen LogP contribution in [0, 0.1) is 0 Å². The topological polar surface area (TPSA) is 49.8 Å². The Morgan fingerprint density at radius 2 is 1.95 bits per heavy atom. The molecule has 0 saturated heterocycles. The van der Waals surface area contributed by atoms with Crippen LogP contribution in [0.25, 0.3) is 10.8 Å². The zero-order chi connectivity index (χ0) is 15.9. The Morgan fingerprint density at radius 1 is 1.23 bits per heavy atom. The summed E-state index contributed by atoms with van der Waals surface area (Å²) in [5.41, 5.74) is 1.04. The van der Waals surface area contributed by atoms with E-state index in [2.05, 4.69) is 0 Å². The van der Waals surface area contributed by atoms with Gasteiger partial charge in [0, 0.05) is 6.54 Å². The molecule has 1 aliphatic rings. The molecule has 0 spiro atoms. The van der Waals surface area contributed by atoms with Gasteiger partial charge in [0.1, 0.15) is 5.60 Å². The van der Waals surface area contributed by atoms with Crippen LogP contribution in [-0.2, 0) is 9.53 Å². The van der Waals surface area contributed by atoms with Crippen molar-refractivity contribution in [3.05, 3.63) is 42.0 Å². The Kier molecular flexibility index (Phi) is 3.57. The first-order chi connectivity index (χ1) is 10.4. The molecule has 116 valence electrons. The van der Waals surface area contributed by atoms with Gasteiger partial charge in [-0.25, -0.2) is 0 Å². The normalized spacial score (nSPS) is 18.2. The van der Waals surface area contributed by atoms with Crippen LogP contribution in [0.4, 0.5) is 5.69 Å². The number of carbonyl (C=O) groups is 1. The Morgan fingerprint density at radius 3 is 2.68 bits per heavy atom. The molecule has 0 aliphatic carbocycles. The van der Waals surface area contributed by atoms with E-state index in [0.717, 1.165) is 16.3 Å². The Hall–Kier alpha value is -2.07. The minimum Gasteiger partial charge on any atom is -0.459 e. The first kappa shape index (κ1) is 14.9. The predicted octanol–water partition coefficient (Wildman–Crippen LogP) is 3.86. The van der Waals surface area contributed by atoms with Crippen molar-refractivity contribution in [2.75, 3.05) is 11.6 Å². The van der Waals surface area contributed by atoms with E-state index in [1.807, 2.05) is 57.2 Å². The number of ether oxygens (including phenoxy) is 1. The molecule has 0 radical (unpaired) electrons. The zero-order valence-electron chi connectivity index (χ0n) is 13.2. The highest BCUT2D eigenvalue weighted by molar-refractivity contribution is 5.96. The molecule has 2 aromatic carbocycles. The molecular weight excluding hydrogens is 278 g/mol. The molecule has 0 saturated carbocycles. The second kappa shape index (κ2) is 5.29. The van der Waals surface area contributed by atoms with E-state index >= 15 is 0 Å². The molecule has 2 aromatic rings. The highest BCUT2D eigenvalue weighted by Crippen LogP contribution is 2.40. The van der Waals surface area contributed by atoms with Crippen molar-refractivity contribution in [1.29, 1.82) is 0 Å². The molecule has 1 heterocycles. The number of hydroxylamine groups is 1. The Labute approximate surface area is 130 Å². The average molecular weight is 299 g/mol. The molecule has 0 fully saturated rings. The number of hydrogen-bond acceptors (Lipinski definition) is 4. The van der Waals surface area contributed by atoms with E-state index in [1.54, 1.807) is 0 Å². The van der Waals surface area contributed by atoms with Gasteiger partial charge in [-0.05, 0) is 49.6 Å². The summed E-state index contributed by atoms with van der Waals surface area (Å²) >= 11 is 0. The lowest BCUT2D eigenvalue weighted by atomic mass is 9.86. The minimum atomic E-state index is -0.516. The monoisotopic (exact) mass is 299 g/mol. The van der Waals surface area contributed by atoms with Crippen molar-refractivity contribution >= 4 is 22.4 Å². The highest BCUT2D eigenvalue weighted by Gasteiger charge is 2.34. The average Bonchev–Trinajstić information content (AvgIpc) is 2.45. The number of fused-ring (bicyclic) bond motifs is 3. The van der Waals surface area contributed by atoms with Crippen molar-refractivity contribution in [2.45, 2.75) is 38.7 Å². The van der Waals surface area contributed by atoms with Crippen LogP contribution < -0.4 is 5.06 Å². The van der Waals surface area contributed by atoms with E-state index in [-0.39, 0.29) is 11.9 Å². The molecule has 1 atom stereocenters. The van der Waals surface area contributed by atoms with Gasteiger partial charge in [0.15, 0.2) is 0 Å². The molecule has 1 aliphatic heterocycles. The molecule has 22 heavy (non-hydrogen) atoms. The molecule has 0 aromatic heterocycles. The maximum atomic E-state index is 12.6. The fourth-order valence-electron chi connectivity index (χ4n) is 3.00. The van der Waals surface area contributed by atoms with Crippen LogP contribution in [-0.4, -0.2) is 23.3 Å². The fourth-order valence-corrected chi connectivity index (χ4v) is 3.00. The third kappa shape index (κ3) is 2.66. The molecule has 0 amide bonds. The maximum Gasteiger partial charge on any atom is 0.314 e. The van der Waals surface area contributed by atoms with E-state index in [0.29, 0.717) is 18.7 Å². The van der Waals surface area contributed by atoms with Gasteiger partial charge in [-0.1, -0.05) is 30.3 Å². The summed E-state index contributed by atoms with van der Waals surface area (Å²) in [5, 5.41) is 13.4. The van der Waals surface area contributed by atoms with Gasteiger partial charge >= 0.3 is 5.97 Å². The molecule has 1 N–H and O–H groups in total. The summed E-state index contributed by atoms with van der Waals surface area (Å²) in [6.45, 7) is 6.04. The van der Waals surface area contributed by atoms with Gasteiger partial charge in [-0.15, -0.1) is 0 Å². The first-order valence-electron chi connectivity index (χ1n) is 7.58. The number of carbonyl (C=O) groups excluding carboxylic acids is 1. The van der Waals surface area contributed by atoms with Crippen molar-refractivity contribution in [3.63, 3.8) is 0 Å². The zero-order valence-corrected chi connectivity index (χ0v) is 13.2. The second-order valence-electron chi connectivity index (χ2n) is 6.72. The van der Waals surface area contributed by atoms with Gasteiger partial charge in [0.05, 0.1) is 11.6 Å². The van der Waals surface area contributed by atoms with Gasteiger partial charge in [-0.2, -0.15) is 0 Å². The van der Waals surface area contributed by atoms with Gasteiger partial charge in [0.2, 0.25) is 0 Å². The SMILES string of the molecule is CC(C)(C)OC(=O)C1CCN(O)c2ccc3ccccc3c21. The maximum absolute atomic E-state index is 12.6. The van der Waals surface area contributed by atoms with Crippen LogP contribution >= 0.6 is 0 Å². The Balaban J connectivity index is 2.12. The third-order valence-corrected chi connectivity index (χ3v) is 3.90. The quantitative estimate of drug-likeness (QED) is 0.812. The van der Waals surface area contributed by atoms with Crippen LogP contribution in [0.15, 0.2) is 36.4 Å². The third-order valence-electron chi connectivity index (χ3n) is 3.90. The molecule has 3 rings (SSSR count). The number of rotatable bonds is 1. The highest BCUT2D eigenvalue weighted by atomic mass is 16.6. The second-order valence-corrected chi connectivity index (χ2v) is 6.72. The largest absolute Gasteiger partial charge is 0.459 e. The van der Waals surface area contributed by atoms with Crippen molar-refractivity contribution in [1.82, 2.24) is 0 Å². The molecule has 1 unspecified atom stereocenters. The lowest BCUT2D eigenvalue weighted by Gasteiger charge is -2.33. The first-order valence-corrected chi connectivity index (χ1v) is 7.58. The molecular formula is C18H21NO3. The van der Waals surface area contributed by atoms with Gasteiger partial charge in [0.25, 0.3) is 0 Å². The fraction of sp³-hybridized carbons (Fsp3) is 0.389. The summed E-state index contributed by atoms with van der Waals surface area (Å²) in [5.74, 6) is -0.568. The Bertz CT molecular complexity index is 718. The van der Waals surface area contributed by atoms with Gasteiger partial charge < -0.3 is 4.74 Å². The van der Waals surface area contributed by atoms with Crippen molar-refractivity contribution in [3.8, 4) is 0 Å². The smallest absolute Gasteiger partial charge is 0.314 e. The van der Waals surface area contributed by atoms with E-state index in [9.17, 15) is 10.0 Å².